The standard InChI is InChI=1S/C8H17O/c1-3-5-6-7-8-9-4-2/h8H,3-7H2,1-2H3. The third kappa shape index (κ3) is 7.96. The van der Waals surface area contributed by atoms with Gasteiger partial charge >= 0.3 is 0 Å². The van der Waals surface area contributed by atoms with Gasteiger partial charge in [0.05, 0.1) is 6.61 Å². The number of ether oxygens (including phenoxy) is 1. The normalized spacial score (nSPS) is 10.0. The van der Waals surface area contributed by atoms with E-state index < -0.39 is 0 Å². The summed E-state index contributed by atoms with van der Waals surface area (Å²) in [5, 5.41) is 0. The molecular formula is C8H17O. The van der Waals surface area contributed by atoms with Gasteiger partial charge in [0, 0.05) is 6.61 Å². The Morgan fingerprint density at radius 3 is 2.56 bits per heavy atom. The molecule has 0 bridgehead atoms. The van der Waals surface area contributed by atoms with E-state index in [9.17, 15) is 0 Å². The Bertz CT molecular complexity index is 37.8. The van der Waals surface area contributed by atoms with Crippen molar-refractivity contribution in [3.8, 4) is 0 Å². The van der Waals surface area contributed by atoms with E-state index in [0.717, 1.165) is 13.0 Å². The Morgan fingerprint density at radius 1 is 1.22 bits per heavy atom. The van der Waals surface area contributed by atoms with E-state index in [1.807, 2.05) is 13.5 Å². The van der Waals surface area contributed by atoms with Crippen LogP contribution >= 0.6 is 0 Å². The second kappa shape index (κ2) is 7.96. The number of hydrogen-bond acceptors (Lipinski definition) is 1. The number of rotatable bonds is 6. The molecule has 1 heteroatoms. The quantitative estimate of drug-likeness (QED) is 0.501. The molecule has 0 aromatic rings. The molecule has 0 aliphatic carbocycles. The highest BCUT2D eigenvalue weighted by Gasteiger charge is 1.86. The first-order valence-corrected chi connectivity index (χ1v) is 3.85. The van der Waals surface area contributed by atoms with Crippen LogP contribution in [0, 0.1) is 6.61 Å². The van der Waals surface area contributed by atoms with Crippen molar-refractivity contribution in [1.82, 2.24) is 0 Å². The summed E-state index contributed by atoms with van der Waals surface area (Å²) in [7, 11) is 0. The minimum atomic E-state index is 0.812. The third-order valence-corrected chi connectivity index (χ3v) is 1.21. The van der Waals surface area contributed by atoms with Gasteiger partial charge in [-0.05, 0) is 13.3 Å². The fourth-order valence-corrected chi connectivity index (χ4v) is 0.679. The predicted octanol–water partition coefficient (Wildman–Crippen LogP) is 2.76. The van der Waals surface area contributed by atoms with Gasteiger partial charge < -0.3 is 4.74 Å². The molecule has 55 valence electrons. The van der Waals surface area contributed by atoms with Crippen molar-refractivity contribution in [2.24, 2.45) is 0 Å². The molecule has 0 unspecified atom stereocenters. The minimum absolute atomic E-state index is 0.812. The molecule has 1 radical (unpaired) electrons. The van der Waals surface area contributed by atoms with E-state index in [-0.39, 0.29) is 0 Å². The van der Waals surface area contributed by atoms with Gasteiger partial charge in [0.1, 0.15) is 0 Å². The first kappa shape index (κ1) is 8.96. The zero-order chi connectivity index (χ0) is 6.95. The fraction of sp³-hybridized carbons (Fsp3) is 0.875. The second-order valence-electron chi connectivity index (χ2n) is 2.12. The van der Waals surface area contributed by atoms with Crippen molar-refractivity contribution in [3.63, 3.8) is 0 Å². The lowest BCUT2D eigenvalue weighted by molar-refractivity contribution is 0.205. The van der Waals surface area contributed by atoms with Crippen LogP contribution in [0.4, 0.5) is 0 Å². The Kier molecular flexibility index (Phi) is 7.92. The summed E-state index contributed by atoms with van der Waals surface area (Å²) < 4.78 is 5.06. The van der Waals surface area contributed by atoms with E-state index in [0.29, 0.717) is 0 Å². The summed E-state index contributed by atoms with van der Waals surface area (Å²) >= 11 is 0. The van der Waals surface area contributed by atoms with Crippen LogP contribution in [0.25, 0.3) is 0 Å². The molecule has 9 heavy (non-hydrogen) atoms. The van der Waals surface area contributed by atoms with E-state index >= 15 is 0 Å². The van der Waals surface area contributed by atoms with Crippen LogP contribution in [-0.4, -0.2) is 6.61 Å². The van der Waals surface area contributed by atoms with Gasteiger partial charge in [-0.15, -0.1) is 0 Å². The highest BCUT2D eigenvalue weighted by Crippen LogP contribution is 2.01. The highest BCUT2D eigenvalue weighted by molar-refractivity contribution is 4.49. The molecule has 0 spiro atoms. The fourth-order valence-electron chi connectivity index (χ4n) is 0.679. The first-order valence-electron chi connectivity index (χ1n) is 3.85. The van der Waals surface area contributed by atoms with Gasteiger partial charge in [-0.2, -0.15) is 0 Å². The monoisotopic (exact) mass is 129 g/mol. The average molecular weight is 129 g/mol. The van der Waals surface area contributed by atoms with Crippen LogP contribution in [0.5, 0.6) is 0 Å². The van der Waals surface area contributed by atoms with Gasteiger partial charge in [0.25, 0.3) is 0 Å². The predicted molar refractivity (Wildman–Crippen MR) is 40.1 cm³/mol. The van der Waals surface area contributed by atoms with Crippen LogP contribution in [0.3, 0.4) is 0 Å². The zero-order valence-corrected chi connectivity index (χ0v) is 6.52. The van der Waals surface area contributed by atoms with Crippen molar-refractivity contribution in [3.05, 3.63) is 6.61 Å². The largest absolute Gasteiger partial charge is 0.376 e. The summed E-state index contributed by atoms with van der Waals surface area (Å²) in [5.74, 6) is 0. The molecular weight excluding hydrogens is 112 g/mol. The average Bonchev–Trinajstić information content (AvgIpc) is 1.89. The molecule has 0 saturated carbocycles. The van der Waals surface area contributed by atoms with Crippen LogP contribution < -0.4 is 0 Å². The van der Waals surface area contributed by atoms with E-state index in [1.165, 1.54) is 19.3 Å². The summed E-state index contributed by atoms with van der Waals surface area (Å²) in [6.07, 6.45) is 5.00. The summed E-state index contributed by atoms with van der Waals surface area (Å²) in [6.45, 7) is 6.94. The molecule has 0 aliphatic heterocycles. The smallest absolute Gasteiger partial charge is 0.0836 e. The molecule has 0 aromatic carbocycles. The molecule has 0 rings (SSSR count). The van der Waals surface area contributed by atoms with Gasteiger partial charge in [-0.25, -0.2) is 0 Å². The minimum Gasteiger partial charge on any atom is -0.376 e. The molecule has 1 nitrogen and oxygen atoms in total. The Hall–Kier alpha value is -0.0400. The van der Waals surface area contributed by atoms with Crippen molar-refractivity contribution < 1.29 is 4.74 Å². The van der Waals surface area contributed by atoms with Crippen molar-refractivity contribution >= 4 is 0 Å². The molecule has 0 aliphatic rings. The SMILES string of the molecule is CCCCC[CH]OCC. The lowest BCUT2D eigenvalue weighted by atomic mass is 10.2. The first-order chi connectivity index (χ1) is 4.41. The molecule has 0 amide bonds. The topological polar surface area (TPSA) is 9.23 Å². The molecule has 0 atom stereocenters. The van der Waals surface area contributed by atoms with E-state index in [1.54, 1.807) is 0 Å². The lowest BCUT2D eigenvalue weighted by Crippen LogP contribution is -1.85. The molecule has 0 N–H and O–H groups in total. The molecule has 0 aromatic heterocycles. The number of unbranched alkanes of at least 4 members (excludes halogenated alkanes) is 3. The maximum atomic E-state index is 5.06. The number of hydrogen-bond donors (Lipinski definition) is 0. The molecule has 0 saturated heterocycles. The van der Waals surface area contributed by atoms with Crippen molar-refractivity contribution in [2.75, 3.05) is 6.61 Å². The Labute approximate surface area is 58.4 Å². The maximum absolute atomic E-state index is 5.06. The Balaban J connectivity index is 2.60. The highest BCUT2D eigenvalue weighted by atomic mass is 16.5. The maximum Gasteiger partial charge on any atom is 0.0836 e. The second-order valence-corrected chi connectivity index (χ2v) is 2.12. The molecule has 0 fully saturated rings. The van der Waals surface area contributed by atoms with Crippen LogP contribution in [0.2, 0.25) is 0 Å². The molecule has 0 heterocycles. The Morgan fingerprint density at radius 2 is 2.00 bits per heavy atom. The van der Waals surface area contributed by atoms with Gasteiger partial charge in [0.15, 0.2) is 0 Å². The lowest BCUT2D eigenvalue weighted by Gasteiger charge is -1.97. The van der Waals surface area contributed by atoms with Gasteiger partial charge in [-0.3, -0.25) is 0 Å². The van der Waals surface area contributed by atoms with Crippen LogP contribution in [0.15, 0.2) is 0 Å². The van der Waals surface area contributed by atoms with Gasteiger partial charge in [-0.1, -0.05) is 26.2 Å². The summed E-state index contributed by atoms with van der Waals surface area (Å²) in [4.78, 5) is 0. The van der Waals surface area contributed by atoms with E-state index in [4.69, 9.17) is 4.74 Å². The van der Waals surface area contributed by atoms with Crippen molar-refractivity contribution in [1.29, 1.82) is 0 Å². The van der Waals surface area contributed by atoms with Crippen LogP contribution in [0.1, 0.15) is 39.5 Å². The van der Waals surface area contributed by atoms with E-state index in [2.05, 4.69) is 6.92 Å². The van der Waals surface area contributed by atoms with Crippen molar-refractivity contribution in [2.45, 2.75) is 39.5 Å². The summed E-state index contributed by atoms with van der Waals surface area (Å²) in [6, 6.07) is 0. The van der Waals surface area contributed by atoms with Crippen LogP contribution in [-0.2, 0) is 4.74 Å². The third-order valence-electron chi connectivity index (χ3n) is 1.21. The van der Waals surface area contributed by atoms with Gasteiger partial charge in [0.2, 0.25) is 0 Å². The zero-order valence-electron chi connectivity index (χ0n) is 6.52. The summed E-state index contributed by atoms with van der Waals surface area (Å²) in [5.41, 5.74) is 0.